The van der Waals surface area contributed by atoms with Crippen LogP contribution < -0.4 is 11.1 Å². The van der Waals surface area contributed by atoms with E-state index in [1.54, 1.807) is 0 Å². The third-order valence-electron chi connectivity index (χ3n) is 2.07. The van der Waals surface area contributed by atoms with Crippen LogP contribution in [0.15, 0.2) is 18.2 Å². The summed E-state index contributed by atoms with van der Waals surface area (Å²) >= 11 is 0. The maximum atomic E-state index is 11.0. The van der Waals surface area contributed by atoms with Gasteiger partial charge < -0.3 is 11.1 Å². The highest BCUT2D eigenvalue weighted by Crippen LogP contribution is 2.26. The second kappa shape index (κ2) is 2.60. The molecular weight excluding hydrogens is 152 g/mol. The lowest BCUT2D eigenvalue weighted by molar-refractivity contribution is -0.115. The maximum absolute atomic E-state index is 11.0. The molecular formula is C9H10N2O. The van der Waals surface area contributed by atoms with E-state index in [2.05, 4.69) is 5.32 Å². The summed E-state index contributed by atoms with van der Waals surface area (Å²) in [5.74, 6) is 0.0610. The Balaban J connectivity index is 2.51. The van der Waals surface area contributed by atoms with Gasteiger partial charge >= 0.3 is 0 Å². The third kappa shape index (κ3) is 0.987. The molecule has 3 heteroatoms. The summed E-state index contributed by atoms with van der Waals surface area (Å²) in [5, 5.41) is 2.80. The molecule has 1 aliphatic rings. The highest BCUT2D eigenvalue weighted by Gasteiger charge is 2.18. The minimum absolute atomic E-state index is 0.0610. The molecule has 3 nitrogen and oxygen atoms in total. The summed E-state index contributed by atoms with van der Waals surface area (Å²) in [5.41, 5.74) is 8.51. The molecule has 1 amide bonds. The number of carbonyl (C=O) groups is 1. The fourth-order valence-electron chi connectivity index (χ4n) is 1.49. The average Bonchev–Trinajstić information content (AvgIpc) is 2.44. The minimum Gasteiger partial charge on any atom is -0.326 e. The Labute approximate surface area is 70.6 Å². The van der Waals surface area contributed by atoms with Gasteiger partial charge in [-0.2, -0.15) is 0 Å². The first-order chi connectivity index (χ1) is 5.81. The van der Waals surface area contributed by atoms with E-state index < -0.39 is 0 Å². The Hall–Kier alpha value is -1.35. The first-order valence-electron chi connectivity index (χ1n) is 3.92. The zero-order valence-electron chi connectivity index (χ0n) is 6.63. The third-order valence-corrected chi connectivity index (χ3v) is 2.07. The fraction of sp³-hybridized carbons (Fsp3) is 0.222. The predicted octanol–water partition coefficient (Wildman–Crippen LogP) is 0.640. The number of nitrogens with one attached hydrogen (secondary N) is 1. The number of nitrogens with two attached hydrogens (primary N) is 1. The molecule has 0 saturated heterocycles. The molecule has 12 heavy (non-hydrogen) atoms. The number of carbonyl (C=O) groups excluding carboxylic acids is 1. The summed E-state index contributed by atoms with van der Waals surface area (Å²) < 4.78 is 0. The van der Waals surface area contributed by atoms with Gasteiger partial charge in [-0.1, -0.05) is 18.2 Å². The SMILES string of the molecule is NCc1cccc2c1NC(=O)C2. The van der Waals surface area contributed by atoms with E-state index in [1.165, 1.54) is 0 Å². The molecule has 62 valence electrons. The number of fused-ring (bicyclic) bond motifs is 1. The average molecular weight is 162 g/mol. The van der Waals surface area contributed by atoms with Crippen LogP contribution in [0.1, 0.15) is 11.1 Å². The summed E-state index contributed by atoms with van der Waals surface area (Å²) in [6, 6.07) is 5.82. The van der Waals surface area contributed by atoms with Crippen molar-refractivity contribution in [3.05, 3.63) is 29.3 Å². The van der Waals surface area contributed by atoms with Crippen LogP contribution >= 0.6 is 0 Å². The molecule has 0 fully saturated rings. The zero-order chi connectivity index (χ0) is 8.55. The van der Waals surface area contributed by atoms with Crippen LogP contribution in [0.3, 0.4) is 0 Å². The fourth-order valence-corrected chi connectivity index (χ4v) is 1.49. The Kier molecular flexibility index (Phi) is 1.59. The van der Waals surface area contributed by atoms with E-state index >= 15 is 0 Å². The van der Waals surface area contributed by atoms with Crippen LogP contribution in [-0.4, -0.2) is 5.91 Å². The largest absolute Gasteiger partial charge is 0.326 e. The molecule has 1 heterocycles. The molecule has 1 aromatic rings. The Morgan fingerprint density at radius 3 is 3.08 bits per heavy atom. The summed E-state index contributed by atoms with van der Waals surface area (Å²) in [6.07, 6.45) is 0.489. The molecule has 0 atom stereocenters. The van der Waals surface area contributed by atoms with E-state index in [4.69, 9.17) is 5.73 Å². The van der Waals surface area contributed by atoms with Crippen LogP contribution in [0.4, 0.5) is 5.69 Å². The van der Waals surface area contributed by atoms with Gasteiger partial charge in [-0.25, -0.2) is 0 Å². The number of benzene rings is 1. The molecule has 0 aromatic heterocycles. The highest BCUT2D eigenvalue weighted by molar-refractivity contribution is 6.00. The van der Waals surface area contributed by atoms with Gasteiger partial charge in [-0.05, 0) is 11.1 Å². The van der Waals surface area contributed by atoms with Crippen LogP contribution in [0.2, 0.25) is 0 Å². The van der Waals surface area contributed by atoms with Gasteiger partial charge in [0.25, 0.3) is 0 Å². The van der Waals surface area contributed by atoms with Gasteiger partial charge in [0, 0.05) is 12.2 Å². The van der Waals surface area contributed by atoms with Crippen LogP contribution in [-0.2, 0) is 17.8 Å². The maximum Gasteiger partial charge on any atom is 0.228 e. The van der Waals surface area contributed by atoms with E-state index in [-0.39, 0.29) is 5.91 Å². The number of rotatable bonds is 1. The van der Waals surface area contributed by atoms with Crippen molar-refractivity contribution in [1.29, 1.82) is 0 Å². The first kappa shape index (κ1) is 7.31. The van der Waals surface area contributed by atoms with E-state index in [0.29, 0.717) is 13.0 Å². The molecule has 2 rings (SSSR count). The van der Waals surface area contributed by atoms with Crippen LogP contribution in [0, 0.1) is 0 Å². The molecule has 0 spiro atoms. The molecule has 3 N–H and O–H groups in total. The molecule has 0 aliphatic carbocycles. The highest BCUT2D eigenvalue weighted by atomic mass is 16.1. The number of anilines is 1. The van der Waals surface area contributed by atoms with Crippen LogP contribution in [0.5, 0.6) is 0 Å². The standard InChI is InChI=1S/C9H10N2O/c10-5-7-3-1-2-6-4-8(12)11-9(6)7/h1-3H,4-5,10H2,(H,11,12). The second-order valence-corrected chi connectivity index (χ2v) is 2.88. The van der Waals surface area contributed by atoms with Crippen molar-refractivity contribution < 1.29 is 4.79 Å². The predicted molar refractivity (Wildman–Crippen MR) is 46.7 cm³/mol. The molecule has 1 aromatic carbocycles. The lowest BCUT2D eigenvalue weighted by Crippen LogP contribution is -2.06. The van der Waals surface area contributed by atoms with Crippen LogP contribution in [0.25, 0.3) is 0 Å². The van der Waals surface area contributed by atoms with Gasteiger partial charge in [0.2, 0.25) is 5.91 Å². The summed E-state index contributed by atoms with van der Waals surface area (Å²) in [6.45, 7) is 0.476. The van der Waals surface area contributed by atoms with Gasteiger partial charge in [0.1, 0.15) is 0 Å². The van der Waals surface area contributed by atoms with E-state index in [1.807, 2.05) is 18.2 Å². The molecule has 0 unspecified atom stereocenters. The lowest BCUT2D eigenvalue weighted by atomic mass is 10.1. The number of hydrogen-bond acceptors (Lipinski definition) is 2. The quantitative estimate of drug-likeness (QED) is 0.636. The molecule has 0 bridgehead atoms. The molecule has 0 radical (unpaired) electrons. The van der Waals surface area contributed by atoms with E-state index in [0.717, 1.165) is 16.8 Å². The van der Waals surface area contributed by atoms with Crippen molar-refractivity contribution in [2.24, 2.45) is 5.73 Å². The van der Waals surface area contributed by atoms with Crippen molar-refractivity contribution >= 4 is 11.6 Å². The van der Waals surface area contributed by atoms with Gasteiger partial charge in [-0.15, -0.1) is 0 Å². The van der Waals surface area contributed by atoms with Crippen molar-refractivity contribution in [2.75, 3.05) is 5.32 Å². The lowest BCUT2D eigenvalue weighted by Gasteiger charge is -2.03. The molecule has 1 aliphatic heterocycles. The van der Waals surface area contributed by atoms with Crippen molar-refractivity contribution in [3.63, 3.8) is 0 Å². The Morgan fingerprint density at radius 1 is 1.50 bits per heavy atom. The Morgan fingerprint density at radius 2 is 2.33 bits per heavy atom. The molecule has 0 saturated carbocycles. The summed E-state index contributed by atoms with van der Waals surface area (Å²) in [4.78, 5) is 11.0. The van der Waals surface area contributed by atoms with Gasteiger partial charge in [-0.3, -0.25) is 4.79 Å². The smallest absolute Gasteiger partial charge is 0.228 e. The monoisotopic (exact) mass is 162 g/mol. The minimum atomic E-state index is 0.0610. The van der Waals surface area contributed by atoms with E-state index in [9.17, 15) is 4.79 Å². The normalized spacial score (nSPS) is 14.2. The number of amides is 1. The van der Waals surface area contributed by atoms with Gasteiger partial charge in [0.15, 0.2) is 0 Å². The second-order valence-electron chi connectivity index (χ2n) is 2.88. The van der Waals surface area contributed by atoms with Crippen molar-refractivity contribution in [3.8, 4) is 0 Å². The summed E-state index contributed by atoms with van der Waals surface area (Å²) in [7, 11) is 0. The first-order valence-corrected chi connectivity index (χ1v) is 3.92. The number of para-hydroxylation sites is 1. The van der Waals surface area contributed by atoms with Gasteiger partial charge in [0.05, 0.1) is 6.42 Å². The van der Waals surface area contributed by atoms with Crippen molar-refractivity contribution in [1.82, 2.24) is 0 Å². The van der Waals surface area contributed by atoms with Crippen molar-refractivity contribution in [2.45, 2.75) is 13.0 Å². The topological polar surface area (TPSA) is 55.1 Å². The zero-order valence-corrected chi connectivity index (χ0v) is 6.63. The Bertz CT molecular complexity index is 333. The number of hydrogen-bond donors (Lipinski definition) is 2.